The molecule has 3 aromatic rings. The number of thiazole rings is 1. The third-order valence-corrected chi connectivity index (χ3v) is 5.69. The van der Waals surface area contributed by atoms with E-state index in [0.717, 1.165) is 10.2 Å². The molecule has 0 aliphatic carbocycles. The number of nitrogens with two attached hydrogens (primary N) is 1. The number of rotatable bonds is 3. The van der Waals surface area contributed by atoms with Crippen LogP contribution in [-0.4, -0.2) is 59.9 Å². The highest BCUT2D eigenvalue weighted by Gasteiger charge is 2.26. The number of hydrogen-bond donors (Lipinski definition) is 1. The summed E-state index contributed by atoms with van der Waals surface area (Å²) in [6, 6.07) is 12.6. The van der Waals surface area contributed by atoms with Gasteiger partial charge in [-0.2, -0.15) is 0 Å². The van der Waals surface area contributed by atoms with Gasteiger partial charge < -0.3 is 20.3 Å². The molecule has 144 valence electrons. The lowest BCUT2D eigenvalue weighted by molar-refractivity contribution is 0.0535. The Morgan fingerprint density at radius 3 is 2.29 bits per heavy atom. The normalized spacial score (nSPS) is 14.3. The molecule has 2 amide bonds. The predicted octanol–water partition coefficient (Wildman–Crippen LogP) is 2.49. The van der Waals surface area contributed by atoms with Gasteiger partial charge in [0.2, 0.25) is 0 Å². The van der Waals surface area contributed by atoms with Crippen LogP contribution in [0, 0.1) is 0 Å². The van der Waals surface area contributed by atoms with E-state index in [1.807, 2.05) is 6.07 Å². The number of carbonyl (C=O) groups is 2. The fraction of sp³-hybridized carbons (Fsp3) is 0.250. The van der Waals surface area contributed by atoms with E-state index >= 15 is 0 Å². The molecule has 4 rings (SSSR count). The first-order valence-corrected chi connectivity index (χ1v) is 9.75. The van der Waals surface area contributed by atoms with Gasteiger partial charge in [0, 0.05) is 37.3 Å². The lowest BCUT2D eigenvalue weighted by atomic mass is 10.1. The zero-order chi connectivity index (χ0) is 19.7. The number of benzene rings is 2. The second kappa shape index (κ2) is 7.47. The number of carbonyl (C=O) groups excluding carboxylic acids is 2. The fourth-order valence-corrected chi connectivity index (χ4v) is 4.03. The zero-order valence-electron chi connectivity index (χ0n) is 15.4. The molecular formula is C20H20N4O3S. The summed E-state index contributed by atoms with van der Waals surface area (Å²) in [6.07, 6.45) is 0. The molecule has 28 heavy (non-hydrogen) atoms. The number of fused-ring (bicyclic) bond motifs is 1. The third-order valence-electron chi connectivity index (χ3n) is 4.82. The number of nitrogen functional groups attached to an aromatic ring is 1. The van der Waals surface area contributed by atoms with Crippen LogP contribution in [0.3, 0.4) is 0 Å². The van der Waals surface area contributed by atoms with Crippen molar-refractivity contribution in [3.63, 3.8) is 0 Å². The molecule has 0 bridgehead atoms. The standard InChI is InChI=1S/C20H20N4O3S/c1-27-15-4-2-3-13(11-15)18(25)23-7-9-24(10-8-23)19(26)14-5-6-17-16(12-14)22-20(21)28-17/h2-6,11-12H,7-10H2,1H3,(H2,21,22). The van der Waals surface area contributed by atoms with Crippen molar-refractivity contribution in [2.24, 2.45) is 0 Å². The van der Waals surface area contributed by atoms with Crippen molar-refractivity contribution in [3.8, 4) is 5.75 Å². The molecule has 1 saturated heterocycles. The molecule has 0 saturated carbocycles. The number of piperazine rings is 1. The Morgan fingerprint density at radius 2 is 1.64 bits per heavy atom. The van der Waals surface area contributed by atoms with E-state index < -0.39 is 0 Å². The summed E-state index contributed by atoms with van der Waals surface area (Å²) in [4.78, 5) is 33.3. The van der Waals surface area contributed by atoms with Gasteiger partial charge in [-0.15, -0.1) is 0 Å². The number of hydrogen-bond acceptors (Lipinski definition) is 6. The smallest absolute Gasteiger partial charge is 0.254 e. The number of amides is 2. The Bertz CT molecular complexity index is 1040. The molecule has 1 aromatic heterocycles. The molecule has 1 fully saturated rings. The van der Waals surface area contributed by atoms with Crippen molar-refractivity contribution < 1.29 is 14.3 Å². The number of ether oxygens (including phenoxy) is 1. The predicted molar refractivity (Wildman–Crippen MR) is 109 cm³/mol. The van der Waals surface area contributed by atoms with Gasteiger partial charge in [-0.05, 0) is 36.4 Å². The average Bonchev–Trinajstić information content (AvgIpc) is 3.12. The van der Waals surface area contributed by atoms with E-state index in [1.165, 1.54) is 11.3 Å². The fourth-order valence-electron chi connectivity index (χ4n) is 3.31. The summed E-state index contributed by atoms with van der Waals surface area (Å²) < 4.78 is 6.15. The van der Waals surface area contributed by atoms with Crippen LogP contribution in [-0.2, 0) is 0 Å². The van der Waals surface area contributed by atoms with Crippen LogP contribution in [0.25, 0.3) is 10.2 Å². The van der Waals surface area contributed by atoms with Crippen LogP contribution < -0.4 is 10.5 Å². The van der Waals surface area contributed by atoms with Crippen molar-refractivity contribution in [3.05, 3.63) is 53.6 Å². The summed E-state index contributed by atoms with van der Waals surface area (Å²) in [5, 5.41) is 0.490. The van der Waals surface area contributed by atoms with E-state index in [4.69, 9.17) is 10.5 Å². The second-order valence-corrected chi connectivity index (χ2v) is 7.61. The van der Waals surface area contributed by atoms with Crippen molar-refractivity contribution in [1.29, 1.82) is 0 Å². The number of anilines is 1. The van der Waals surface area contributed by atoms with Crippen molar-refractivity contribution in [2.45, 2.75) is 0 Å². The molecule has 0 radical (unpaired) electrons. The van der Waals surface area contributed by atoms with Crippen molar-refractivity contribution >= 4 is 38.5 Å². The van der Waals surface area contributed by atoms with Crippen LogP contribution in [0.4, 0.5) is 5.13 Å². The summed E-state index contributed by atoms with van der Waals surface area (Å²) in [7, 11) is 1.57. The topological polar surface area (TPSA) is 88.8 Å². The monoisotopic (exact) mass is 396 g/mol. The van der Waals surface area contributed by atoms with Crippen molar-refractivity contribution in [2.75, 3.05) is 39.0 Å². The molecule has 8 heteroatoms. The van der Waals surface area contributed by atoms with Gasteiger partial charge in [0.25, 0.3) is 11.8 Å². The first-order chi connectivity index (χ1) is 13.5. The molecule has 7 nitrogen and oxygen atoms in total. The second-order valence-electron chi connectivity index (χ2n) is 6.55. The molecule has 0 atom stereocenters. The number of aromatic nitrogens is 1. The van der Waals surface area contributed by atoms with Gasteiger partial charge in [-0.25, -0.2) is 4.98 Å². The van der Waals surface area contributed by atoms with Gasteiger partial charge in [0.05, 0.1) is 17.3 Å². The third kappa shape index (κ3) is 3.50. The largest absolute Gasteiger partial charge is 0.497 e. The van der Waals surface area contributed by atoms with E-state index in [1.54, 1.807) is 53.3 Å². The lowest BCUT2D eigenvalue weighted by Gasteiger charge is -2.35. The average molecular weight is 396 g/mol. The highest BCUT2D eigenvalue weighted by molar-refractivity contribution is 7.22. The molecule has 0 unspecified atom stereocenters. The van der Waals surface area contributed by atoms with Crippen LogP contribution in [0.1, 0.15) is 20.7 Å². The minimum absolute atomic E-state index is 0.0506. The maximum absolute atomic E-state index is 12.8. The highest BCUT2D eigenvalue weighted by atomic mass is 32.1. The molecule has 2 N–H and O–H groups in total. The van der Waals surface area contributed by atoms with E-state index in [-0.39, 0.29) is 11.8 Å². The molecule has 1 aliphatic rings. The van der Waals surface area contributed by atoms with Crippen LogP contribution in [0.5, 0.6) is 5.75 Å². The van der Waals surface area contributed by atoms with Gasteiger partial charge in [0.15, 0.2) is 5.13 Å². The lowest BCUT2D eigenvalue weighted by Crippen LogP contribution is -2.50. The highest BCUT2D eigenvalue weighted by Crippen LogP contribution is 2.25. The minimum atomic E-state index is -0.0537. The first-order valence-electron chi connectivity index (χ1n) is 8.94. The molecular weight excluding hydrogens is 376 g/mol. The van der Waals surface area contributed by atoms with Gasteiger partial charge in [-0.1, -0.05) is 17.4 Å². The molecule has 2 heterocycles. The van der Waals surface area contributed by atoms with Gasteiger partial charge in [0.1, 0.15) is 5.75 Å². The van der Waals surface area contributed by atoms with E-state index in [0.29, 0.717) is 48.2 Å². The molecule has 2 aromatic carbocycles. The van der Waals surface area contributed by atoms with Crippen LogP contribution in [0.15, 0.2) is 42.5 Å². The summed E-state index contributed by atoms with van der Waals surface area (Å²) in [6.45, 7) is 1.97. The zero-order valence-corrected chi connectivity index (χ0v) is 16.2. The number of methoxy groups -OCH3 is 1. The van der Waals surface area contributed by atoms with Crippen LogP contribution in [0.2, 0.25) is 0 Å². The van der Waals surface area contributed by atoms with Gasteiger partial charge in [-0.3, -0.25) is 9.59 Å². The Labute approximate surface area is 166 Å². The number of nitrogens with zero attached hydrogens (tertiary/aromatic N) is 3. The Balaban J connectivity index is 1.42. The molecule has 0 spiro atoms. The summed E-state index contributed by atoms with van der Waals surface area (Å²) in [5.74, 6) is 0.546. The maximum atomic E-state index is 12.8. The Kier molecular flexibility index (Phi) is 4.87. The van der Waals surface area contributed by atoms with Gasteiger partial charge >= 0.3 is 0 Å². The summed E-state index contributed by atoms with van der Waals surface area (Å²) in [5.41, 5.74) is 7.65. The van der Waals surface area contributed by atoms with Crippen molar-refractivity contribution in [1.82, 2.24) is 14.8 Å². The summed E-state index contributed by atoms with van der Waals surface area (Å²) >= 11 is 1.40. The van der Waals surface area contributed by atoms with E-state index in [9.17, 15) is 9.59 Å². The van der Waals surface area contributed by atoms with E-state index in [2.05, 4.69) is 4.98 Å². The SMILES string of the molecule is COc1cccc(C(=O)N2CCN(C(=O)c3ccc4sc(N)nc4c3)CC2)c1. The quantitative estimate of drug-likeness (QED) is 0.735. The first kappa shape index (κ1) is 18.2. The Morgan fingerprint density at radius 1 is 1.00 bits per heavy atom. The maximum Gasteiger partial charge on any atom is 0.254 e. The minimum Gasteiger partial charge on any atom is -0.497 e. The Hall–Kier alpha value is -3.13. The van der Waals surface area contributed by atoms with Crippen LogP contribution >= 0.6 is 11.3 Å². The molecule has 1 aliphatic heterocycles.